The number of amides is 1. The molecule has 0 atom stereocenters. The van der Waals surface area contributed by atoms with E-state index in [2.05, 4.69) is 16.5 Å². The summed E-state index contributed by atoms with van der Waals surface area (Å²) in [6.07, 6.45) is 1.06. The van der Waals surface area contributed by atoms with Crippen molar-refractivity contribution in [3.05, 3.63) is 28.8 Å². The van der Waals surface area contributed by atoms with Gasteiger partial charge in [-0.2, -0.15) is 0 Å². The van der Waals surface area contributed by atoms with Crippen molar-refractivity contribution in [1.29, 1.82) is 0 Å². The molecule has 1 heterocycles. The molecule has 1 aliphatic rings. The fraction of sp³-hybridized carbons (Fsp3) is 0.500. The number of benzene rings is 1. The van der Waals surface area contributed by atoms with E-state index in [1.165, 1.54) is 18.2 Å². The van der Waals surface area contributed by atoms with Crippen LogP contribution in [0.1, 0.15) is 17.3 Å². The summed E-state index contributed by atoms with van der Waals surface area (Å²) in [6, 6.07) is 4.55. The molecule has 1 aliphatic heterocycles. The molecule has 1 fully saturated rings. The number of anilines is 1. The monoisotopic (exact) mass is 345 g/mol. The third-order valence-corrected chi connectivity index (χ3v) is 4.54. The maximum Gasteiger partial charge on any atom is 0.255 e. The van der Waals surface area contributed by atoms with Crippen molar-refractivity contribution in [1.82, 2.24) is 9.80 Å². The molecule has 1 saturated heterocycles. The van der Waals surface area contributed by atoms with Crippen LogP contribution in [-0.2, 0) is 10.0 Å². The SMILES string of the molecule is CCN1CCN(C(=O)c2cc(NS(C)(=O)=O)ccc2Cl)CC1. The van der Waals surface area contributed by atoms with Crippen LogP contribution in [0.5, 0.6) is 0 Å². The topological polar surface area (TPSA) is 69.7 Å². The third kappa shape index (κ3) is 4.34. The van der Waals surface area contributed by atoms with Crippen LogP contribution in [0.4, 0.5) is 5.69 Å². The summed E-state index contributed by atoms with van der Waals surface area (Å²) in [6.45, 7) is 6.02. The number of likely N-dealkylation sites (N-methyl/N-ethyl adjacent to an activating group) is 1. The van der Waals surface area contributed by atoms with E-state index in [4.69, 9.17) is 11.6 Å². The molecule has 0 spiro atoms. The first-order valence-corrected chi connectivity index (χ1v) is 9.36. The Labute approximate surface area is 136 Å². The summed E-state index contributed by atoms with van der Waals surface area (Å²) >= 11 is 6.10. The van der Waals surface area contributed by atoms with E-state index in [9.17, 15) is 13.2 Å². The lowest BCUT2D eigenvalue weighted by Crippen LogP contribution is -2.48. The largest absolute Gasteiger partial charge is 0.336 e. The maximum atomic E-state index is 12.6. The summed E-state index contributed by atoms with van der Waals surface area (Å²) in [5, 5.41) is 0.321. The lowest BCUT2D eigenvalue weighted by atomic mass is 10.1. The molecule has 8 heteroatoms. The highest BCUT2D eigenvalue weighted by atomic mass is 35.5. The number of hydrogen-bond donors (Lipinski definition) is 1. The summed E-state index contributed by atoms with van der Waals surface area (Å²) < 4.78 is 24.9. The number of carbonyl (C=O) groups is 1. The highest BCUT2D eigenvalue weighted by Crippen LogP contribution is 2.23. The number of nitrogens with one attached hydrogen (secondary N) is 1. The smallest absolute Gasteiger partial charge is 0.255 e. The molecule has 2 rings (SSSR count). The normalized spacial score (nSPS) is 16.6. The average Bonchev–Trinajstić information content (AvgIpc) is 2.47. The summed E-state index contributed by atoms with van der Waals surface area (Å²) in [5.74, 6) is -0.169. The van der Waals surface area contributed by atoms with Gasteiger partial charge in [-0.15, -0.1) is 0 Å². The molecule has 0 aromatic heterocycles. The van der Waals surface area contributed by atoms with Crippen molar-refractivity contribution >= 4 is 33.2 Å². The Morgan fingerprint density at radius 1 is 1.27 bits per heavy atom. The fourth-order valence-electron chi connectivity index (χ4n) is 2.40. The second-order valence-electron chi connectivity index (χ2n) is 5.30. The minimum atomic E-state index is -3.39. The van der Waals surface area contributed by atoms with E-state index in [0.717, 1.165) is 25.9 Å². The molecule has 0 aliphatic carbocycles. The van der Waals surface area contributed by atoms with Crippen molar-refractivity contribution in [2.24, 2.45) is 0 Å². The number of halogens is 1. The molecule has 22 heavy (non-hydrogen) atoms. The van der Waals surface area contributed by atoms with Crippen molar-refractivity contribution < 1.29 is 13.2 Å². The van der Waals surface area contributed by atoms with E-state index in [0.29, 0.717) is 29.4 Å². The highest BCUT2D eigenvalue weighted by molar-refractivity contribution is 7.92. The quantitative estimate of drug-likeness (QED) is 0.897. The van der Waals surface area contributed by atoms with Crippen LogP contribution in [0.2, 0.25) is 5.02 Å². The number of nitrogens with zero attached hydrogens (tertiary/aromatic N) is 2. The van der Waals surface area contributed by atoms with Crippen LogP contribution in [-0.4, -0.2) is 63.1 Å². The lowest BCUT2D eigenvalue weighted by molar-refractivity contribution is 0.0643. The summed E-state index contributed by atoms with van der Waals surface area (Å²) in [7, 11) is -3.39. The zero-order valence-corrected chi connectivity index (χ0v) is 14.2. The van der Waals surface area contributed by atoms with Gasteiger partial charge in [0.15, 0.2) is 0 Å². The van der Waals surface area contributed by atoms with Crippen molar-refractivity contribution in [2.75, 3.05) is 43.7 Å². The van der Waals surface area contributed by atoms with Crippen molar-refractivity contribution in [2.45, 2.75) is 6.92 Å². The molecule has 1 aromatic rings. The Bertz CT molecular complexity index is 655. The third-order valence-electron chi connectivity index (χ3n) is 3.61. The van der Waals surface area contributed by atoms with Gasteiger partial charge in [-0.3, -0.25) is 9.52 Å². The van der Waals surface area contributed by atoms with Crippen LogP contribution >= 0.6 is 11.6 Å². The standard InChI is InChI=1S/C14H20ClN3O3S/c1-3-17-6-8-18(9-7-17)14(19)12-10-11(4-5-13(12)15)16-22(2,20)21/h4-5,10,16H,3,6-9H2,1-2H3. The Kier molecular flexibility index (Phi) is 5.31. The van der Waals surface area contributed by atoms with Gasteiger partial charge in [0.2, 0.25) is 10.0 Å². The van der Waals surface area contributed by atoms with E-state index >= 15 is 0 Å². The molecule has 0 unspecified atom stereocenters. The van der Waals surface area contributed by atoms with Gasteiger partial charge in [-0.25, -0.2) is 8.42 Å². The van der Waals surface area contributed by atoms with E-state index < -0.39 is 10.0 Å². The Balaban J connectivity index is 2.17. The number of carbonyl (C=O) groups excluding carboxylic acids is 1. The van der Waals surface area contributed by atoms with Gasteiger partial charge in [-0.1, -0.05) is 18.5 Å². The van der Waals surface area contributed by atoms with Crippen LogP contribution in [0.25, 0.3) is 0 Å². The van der Waals surface area contributed by atoms with E-state index in [1.54, 1.807) is 4.90 Å². The number of rotatable bonds is 4. The zero-order valence-electron chi connectivity index (χ0n) is 12.7. The molecule has 0 radical (unpaired) electrons. The molecule has 1 N–H and O–H groups in total. The van der Waals surface area contributed by atoms with Crippen LogP contribution in [0.3, 0.4) is 0 Å². The highest BCUT2D eigenvalue weighted by Gasteiger charge is 2.23. The predicted octanol–water partition coefficient (Wildman–Crippen LogP) is 1.49. The van der Waals surface area contributed by atoms with Gasteiger partial charge in [0.05, 0.1) is 16.8 Å². The molecule has 1 amide bonds. The van der Waals surface area contributed by atoms with Gasteiger partial charge in [-0.05, 0) is 24.7 Å². The minimum absolute atomic E-state index is 0.169. The van der Waals surface area contributed by atoms with Gasteiger partial charge in [0, 0.05) is 31.9 Å². The first-order chi connectivity index (χ1) is 10.3. The molecule has 0 bridgehead atoms. The number of piperazine rings is 1. The lowest BCUT2D eigenvalue weighted by Gasteiger charge is -2.34. The molecule has 1 aromatic carbocycles. The van der Waals surface area contributed by atoms with E-state index in [1.807, 2.05) is 0 Å². The summed E-state index contributed by atoms with van der Waals surface area (Å²) in [5.41, 5.74) is 0.655. The fourth-order valence-corrected chi connectivity index (χ4v) is 3.16. The number of hydrogen-bond acceptors (Lipinski definition) is 4. The van der Waals surface area contributed by atoms with Crippen molar-refractivity contribution in [3.63, 3.8) is 0 Å². The first kappa shape index (κ1) is 17.1. The number of sulfonamides is 1. The van der Waals surface area contributed by atoms with Gasteiger partial charge >= 0.3 is 0 Å². The van der Waals surface area contributed by atoms with Gasteiger partial charge in [0.25, 0.3) is 5.91 Å². The Morgan fingerprint density at radius 3 is 2.45 bits per heavy atom. The summed E-state index contributed by atoms with van der Waals surface area (Å²) in [4.78, 5) is 16.6. The first-order valence-electron chi connectivity index (χ1n) is 7.09. The van der Waals surface area contributed by atoms with E-state index in [-0.39, 0.29) is 5.91 Å². The van der Waals surface area contributed by atoms with Gasteiger partial charge < -0.3 is 9.80 Å². The molecule has 6 nitrogen and oxygen atoms in total. The molecule has 122 valence electrons. The molecule has 0 saturated carbocycles. The van der Waals surface area contributed by atoms with Crippen LogP contribution in [0, 0.1) is 0 Å². The second-order valence-corrected chi connectivity index (χ2v) is 7.45. The molecular formula is C14H20ClN3O3S. The maximum absolute atomic E-state index is 12.6. The van der Waals surface area contributed by atoms with Crippen molar-refractivity contribution in [3.8, 4) is 0 Å². The Hall–Kier alpha value is -1.31. The minimum Gasteiger partial charge on any atom is -0.336 e. The zero-order chi connectivity index (χ0) is 16.3. The molecular weight excluding hydrogens is 326 g/mol. The van der Waals surface area contributed by atoms with Gasteiger partial charge in [0.1, 0.15) is 0 Å². The Morgan fingerprint density at radius 2 is 1.91 bits per heavy atom. The second kappa shape index (κ2) is 6.85. The average molecular weight is 346 g/mol. The predicted molar refractivity (Wildman–Crippen MR) is 87.9 cm³/mol. The van der Waals surface area contributed by atoms with Crippen LogP contribution in [0.15, 0.2) is 18.2 Å². The van der Waals surface area contributed by atoms with Crippen LogP contribution < -0.4 is 4.72 Å².